The Morgan fingerprint density at radius 3 is 2.94 bits per heavy atom. The fourth-order valence-electron chi connectivity index (χ4n) is 1.86. The first-order valence-electron chi connectivity index (χ1n) is 5.28. The summed E-state index contributed by atoms with van der Waals surface area (Å²) in [7, 11) is 0. The van der Waals surface area contributed by atoms with Crippen molar-refractivity contribution in [1.29, 1.82) is 0 Å². The van der Waals surface area contributed by atoms with Gasteiger partial charge in [-0.25, -0.2) is 9.37 Å². The average molecular weight is 263 g/mol. The summed E-state index contributed by atoms with van der Waals surface area (Å²) in [4.78, 5) is 8.19. The van der Waals surface area contributed by atoms with Gasteiger partial charge in [0.2, 0.25) is 5.28 Å². The van der Waals surface area contributed by atoms with Crippen LogP contribution in [0, 0.1) is 12.7 Å². The van der Waals surface area contributed by atoms with Crippen LogP contribution in [0.4, 0.5) is 4.39 Å². The molecule has 0 aliphatic rings. The Bertz CT molecular complexity index is 738. The molecule has 2 aromatic heterocycles. The number of hydrogen-bond donors (Lipinski definition) is 1. The van der Waals surface area contributed by atoms with Crippen LogP contribution in [-0.4, -0.2) is 20.2 Å². The molecule has 3 aromatic rings. The molecule has 0 aliphatic heterocycles. The van der Waals surface area contributed by atoms with E-state index in [1.165, 1.54) is 12.1 Å². The van der Waals surface area contributed by atoms with Gasteiger partial charge in [0.25, 0.3) is 0 Å². The lowest BCUT2D eigenvalue weighted by atomic mass is 10.0. The summed E-state index contributed by atoms with van der Waals surface area (Å²) < 4.78 is 13.4. The van der Waals surface area contributed by atoms with Gasteiger partial charge in [-0.15, -0.1) is 0 Å². The van der Waals surface area contributed by atoms with E-state index in [1.807, 2.05) is 6.92 Å². The number of fused-ring (bicyclic) bond motifs is 1. The predicted octanol–water partition coefficient (Wildman–Crippen LogP) is 3.12. The molecule has 0 radical (unpaired) electrons. The minimum atomic E-state index is -0.318. The number of aromatic nitrogens is 4. The number of aromatic amines is 1. The van der Waals surface area contributed by atoms with Gasteiger partial charge in [0, 0.05) is 5.56 Å². The molecule has 1 aromatic carbocycles. The van der Waals surface area contributed by atoms with Crippen molar-refractivity contribution < 1.29 is 4.39 Å². The lowest BCUT2D eigenvalue weighted by molar-refractivity contribution is 0.628. The van der Waals surface area contributed by atoms with Gasteiger partial charge in [-0.3, -0.25) is 5.10 Å². The predicted molar refractivity (Wildman–Crippen MR) is 66.8 cm³/mol. The molecular weight excluding hydrogens is 255 g/mol. The molecule has 1 N–H and O–H groups in total. The van der Waals surface area contributed by atoms with Crippen molar-refractivity contribution in [3.05, 3.63) is 41.1 Å². The maximum absolute atomic E-state index is 13.4. The minimum absolute atomic E-state index is 0.102. The number of rotatable bonds is 1. The molecule has 18 heavy (non-hydrogen) atoms. The van der Waals surface area contributed by atoms with Crippen molar-refractivity contribution in [2.75, 3.05) is 0 Å². The van der Waals surface area contributed by atoms with Gasteiger partial charge in [0.1, 0.15) is 5.82 Å². The normalized spacial score (nSPS) is 11.1. The zero-order chi connectivity index (χ0) is 12.7. The first-order chi connectivity index (χ1) is 8.65. The van der Waals surface area contributed by atoms with Crippen molar-refractivity contribution in [3.63, 3.8) is 0 Å². The summed E-state index contributed by atoms with van der Waals surface area (Å²) in [6.07, 6.45) is 1.60. The molecule has 90 valence electrons. The van der Waals surface area contributed by atoms with Crippen molar-refractivity contribution in [2.24, 2.45) is 0 Å². The lowest BCUT2D eigenvalue weighted by Crippen LogP contribution is -1.92. The highest BCUT2D eigenvalue weighted by molar-refractivity contribution is 6.28. The molecule has 0 amide bonds. The van der Waals surface area contributed by atoms with Crippen LogP contribution < -0.4 is 0 Å². The smallest absolute Gasteiger partial charge is 0.224 e. The maximum Gasteiger partial charge on any atom is 0.224 e. The van der Waals surface area contributed by atoms with Gasteiger partial charge < -0.3 is 0 Å². The SMILES string of the molecule is Cc1ccc(F)cc1-c1nc(Cl)nc2[nH]ncc12. The molecule has 0 fully saturated rings. The van der Waals surface area contributed by atoms with E-state index in [4.69, 9.17) is 11.6 Å². The third kappa shape index (κ3) is 1.73. The molecule has 0 bridgehead atoms. The van der Waals surface area contributed by atoms with E-state index in [-0.39, 0.29) is 11.1 Å². The minimum Gasteiger partial charge on any atom is -0.261 e. The third-order valence-corrected chi connectivity index (χ3v) is 2.91. The number of halogens is 2. The van der Waals surface area contributed by atoms with E-state index in [0.29, 0.717) is 22.3 Å². The fourth-order valence-corrected chi connectivity index (χ4v) is 2.03. The second-order valence-electron chi connectivity index (χ2n) is 3.93. The summed E-state index contributed by atoms with van der Waals surface area (Å²) in [5.41, 5.74) is 2.71. The van der Waals surface area contributed by atoms with Crippen molar-refractivity contribution in [3.8, 4) is 11.3 Å². The standard InChI is InChI=1S/C12H8ClFN4/c1-6-2-3-7(14)4-8(6)10-9-5-15-18-11(9)17-12(13)16-10/h2-5H,1H3,(H,15,16,17,18). The molecule has 3 rings (SSSR count). The molecular formula is C12H8ClFN4. The van der Waals surface area contributed by atoms with Crippen LogP contribution in [0.2, 0.25) is 5.28 Å². The first kappa shape index (κ1) is 11.1. The summed E-state index contributed by atoms with van der Waals surface area (Å²) in [5, 5.41) is 7.44. The Morgan fingerprint density at radius 1 is 1.28 bits per heavy atom. The van der Waals surface area contributed by atoms with Crippen molar-refractivity contribution in [1.82, 2.24) is 20.2 Å². The molecule has 4 nitrogen and oxygen atoms in total. The number of nitrogens with zero attached hydrogens (tertiary/aromatic N) is 3. The monoisotopic (exact) mass is 262 g/mol. The quantitative estimate of drug-likeness (QED) is 0.686. The zero-order valence-electron chi connectivity index (χ0n) is 9.41. The summed E-state index contributed by atoms with van der Waals surface area (Å²) in [5.74, 6) is -0.318. The van der Waals surface area contributed by atoms with Crippen molar-refractivity contribution in [2.45, 2.75) is 6.92 Å². The fraction of sp³-hybridized carbons (Fsp3) is 0.0833. The lowest BCUT2D eigenvalue weighted by Gasteiger charge is -2.06. The van der Waals surface area contributed by atoms with E-state index in [9.17, 15) is 4.39 Å². The Kier molecular flexibility index (Phi) is 2.48. The summed E-state index contributed by atoms with van der Waals surface area (Å²) in [6.45, 7) is 1.89. The molecule has 2 heterocycles. The number of hydrogen-bond acceptors (Lipinski definition) is 3. The van der Waals surface area contributed by atoms with E-state index in [2.05, 4.69) is 20.2 Å². The molecule has 0 spiro atoms. The summed E-state index contributed by atoms with van der Waals surface area (Å²) in [6, 6.07) is 4.54. The van der Waals surface area contributed by atoms with E-state index in [0.717, 1.165) is 5.56 Å². The number of benzene rings is 1. The van der Waals surface area contributed by atoms with Crippen LogP contribution >= 0.6 is 11.6 Å². The molecule has 0 aliphatic carbocycles. The van der Waals surface area contributed by atoms with Gasteiger partial charge in [-0.1, -0.05) is 6.07 Å². The molecule has 6 heteroatoms. The van der Waals surface area contributed by atoms with Crippen LogP contribution in [0.5, 0.6) is 0 Å². The Balaban J connectivity index is 2.37. The zero-order valence-corrected chi connectivity index (χ0v) is 10.2. The third-order valence-electron chi connectivity index (χ3n) is 2.74. The van der Waals surface area contributed by atoms with Crippen LogP contribution in [0.15, 0.2) is 24.4 Å². The van der Waals surface area contributed by atoms with Crippen LogP contribution in [-0.2, 0) is 0 Å². The van der Waals surface area contributed by atoms with E-state index in [1.54, 1.807) is 12.3 Å². The van der Waals surface area contributed by atoms with Crippen molar-refractivity contribution >= 4 is 22.6 Å². The highest BCUT2D eigenvalue weighted by Crippen LogP contribution is 2.29. The Labute approximate surface area is 107 Å². The van der Waals surface area contributed by atoms with Crippen LogP contribution in [0.25, 0.3) is 22.3 Å². The number of aryl methyl sites for hydroxylation is 1. The van der Waals surface area contributed by atoms with Crippen LogP contribution in [0.3, 0.4) is 0 Å². The van der Waals surface area contributed by atoms with E-state index >= 15 is 0 Å². The summed E-state index contributed by atoms with van der Waals surface area (Å²) >= 11 is 5.86. The highest BCUT2D eigenvalue weighted by atomic mass is 35.5. The molecule has 0 atom stereocenters. The van der Waals surface area contributed by atoms with Gasteiger partial charge in [-0.2, -0.15) is 10.1 Å². The second-order valence-corrected chi connectivity index (χ2v) is 4.27. The molecule has 0 saturated carbocycles. The first-order valence-corrected chi connectivity index (χ1v) is 5.66. The Morgan fingerprint density at radius 2 is 2.11 bits per heavy atom. The second kappa shape index (κ2) is 4.03. The van der Waals surface area contributed by atoms with Crippen LogP contribution in [0.1, 0.15) is 5.56 Å². The molecule has 0 saturated heterocycles. The number of H-pyrrole nitrogens is 1. The van der Waals surface area contributed by atoms with Gasteiger partial charge >= 0.3 is 0 Å². The van der Waals surface area contributed by atoms with E-state index < -0.39 is 0 Å². The molecule has 0 unspecified atom stereocenters. The van der Waals surface area contributed by atoms with Gasteiger partial charge in [-0.05, 0) is 36.2 Å². The maximum atomic E-state index is 13.4. The van der Waals surface area contributed by atoms with Gasteiger partial charge in [0.15, 0.2) is 5.65 Å². The largest absolute Gasteiger partial charge is 0.261 e. The number of nitrogens with one attached hydrogen (secondary N) is 1. The Hall–Kier alpha value is -2.01. The topological polar surface area (TPSA) is 54.5 Å². The average Bonchev–Trinajstić information content (AvgIpc) is 2.79. The highest BCUT2D eigenvalue weighted by Gasteiger charge is 2.13. The van der Waals surface area contributed by atoms with Gasteiger partial charge in [0.05, 0.1) is 17.3 Å².